The monoisotopic (exact) mass is 320 g/mol. The molecule has 0 unspecified atom stereocenters. The summed E-state index contributed by atoms with van der Waals surface area (Å²) in [5.41, 5.74) is 1.27. The molecule has 0 radical (unpaired) electrons. The fourth-order valence-electron chi connectivity index (χ4n) is 3.62. The van der Waals surface area contributed by atoms with Gasteiger partial charge in [0.15, 0.2) is 0 Å². The van der Waals surface area contributed by atoms with E-state index in [4.69, 9.17) is 11.6 Å². The molecule has 22 heavy (non-hydrogen) atoms. The molecule has 1 atom stereocenters. The Morgan fingerprint density at radius 3 is 2.50 bits per heavy atom. The molecule has 1 aromatic carbocycles. The smallest absolute Gasteiger partial charge is 0.226 e. The second-order valence-corrected chi connectivity index (χ2v) is 7.02. The highest BCUT2D eigenvalue weighted by molar-refractivity contribution is 6.30. The number of benzene rings is 1. The predicted molar refractivity (Wildman–Crippen MR) is 89.9 cm³/mol. The summed E-state index contributed by atoms with van der Waals surface area (Å²) >= 11 is 5.94. The molecule has 0 aliphatic carbocycles. The minimum absolute atomic E-state index is 0.194. The number of nitrogens with zero attached hydrogens (tertiary/aromatic N) is 2. The van der Waals surface area contributed by atoms with Crippen LogP contribution < -0.4 is 0 Å². The summed E-state index contributed by atoms with van der Waals surface area (Å²) in [5.74, 6) is 0.583. The molecule has 2 heterocycles. The van der Waals surface area contributed by atoms with Crippen molar-refractivity contribution >= 4 is 17.5 Å². The van der Waals surface area contributed by atoms with Gasteiger partial charge < -0.3 is 4.90 Å². The molecular weight excluding hydrogens is 296 g/mol. The number of piperidine rings is 2. The van der Waals surface area contributed by atoms with Gasteiger partial charge in [-0.2, -0.15) is 0 Å². The van der Waals surface area contributed by atoms with Crippen LogP contribution in [0.1, 0.15) is 37.7 Å². The first-order chi connectivity index (χ1) is 10.7. The van der Waals surface area contributed by atoms with Gasteiger partial charge in [0, 0.05) is 31.2 Å². The average molecular weight is 321 g/mol. The molecule has 2 aliphatic rings. The van der Waals surface area contributed by atoms with E-state index in [2.05, 4.69) is 21.9 Å². The second-order valence-electron chi connectivity index (χ2n) is 6.59. The van der Waals surface area contributed by atoms with Gasteiger partial charge in [-0.15, -0.1) is 0 Å². The van der Waals surface area contributed by atoms with Crippen LogP contribution in [0.15, 0.2) is 24.3 Å². The highest BCUT2D eigenvalue weighted by Gasteiger charge is 2.29. The fourth-order valence-corrected chi connectivity index (χ4v) is 3.75. The Balaban J connectivity index is 1.56. The first kappa shape index (κ1) is 15.8. The van der Waals surface area contributed by atoms with E-state index < -0.39 is 0 Å². The van der Waals surface area contributed by atoms with Crippen molar-refractivity contribution in [3.63, 3.8) is 0 Å². The van der Waals surface area contributed by atoms with E-state index in [0.29, 0.717) is 5.91 Å². The summed E-state index contributed by atoms with van der Waals surface area (Å²) in [7, 11) is 0. The van der Waals surface area contributed by atoms with E-state index in [1.165, 1.54) is 24.8 Å². The highest BCUT2D eigenvalue weighted by atomic mass is 35.5. The maximum Gasteiger partial charge on any atom is 0.226 e. The third-order valence-corrected chi connectivity index (χ3v) is 5.09. The van der Waals surface area contributed by atoms with Crippen LogP contribution in [-0.2, 0) is 11.3 Å². The van der Waals surface area contributed by atoms with Crippen LogP contribution in [0.25, 0.3) is 0 Å². The van der Waals surface area contributed by atoms with Gasteiger partial charge in [0.1, 0.15) is 0 Å². The second kappa shape index (κ2) is 7.47. The van der Waals surface area contributed by atoms with Crippen LogP contribution in [0.2, 0.25) is 5.02 Å². The van der Waals surface area contributed by atoms with Crippen molar-refractivity contribution in [2.24, 2.45) is 5.92 Å². The third kappa shape index (κ3) is 4.02. The van der Waals surface area contributed by atoms with Gasteiger partial charge in [0.2, 0.25) is 5.91 Å². The third-order valence-electron chi connectivity index (χ3n) is 4.84. The summed E-state index contributed by atoms with van der Waals surface area (Å²) in [6, 6.07) is 8.05. The number of carbonyl (C=O) groups is 1. The Bertz CT molecular complexity index is 496. The van der Waals surface area contributed by atoms with Crippen LogP contribution in [0.5, 0.6) is 0 Å². The molecule has 1 aromatic rings. The van der Waals surface area contributed by atoms with Crippen molar-refractivity contribution in [1.29, 1.82) is 0 Å². The Labute approximate surface area is 138 Å². The maximum atomic E-state index is 12.7. The lowest BCUT2D eigenvalue weighted by Crippen LogP contribution is -2.46. The minimum atomic E-state index is 0.194. The number of hydrogen-bond donors (Lipinski definition) is 0. The number of amides is 1. The lowest BCUT2D eigenvalue weighted by Gasteiger charge is -2.36. The van der Waals surface area contributed by atoms with Crippen molar-refractivity contribution in [1.82, 2.24) is 9.80 Å². The first-order valence-corrected chi connectivity index (χ1v) is 8.86. The van der Waals surface area contributed by atoms with Crippen LogP contribution in [-0.4, -0.2) is 41.9 Å². The van der Waals surface area contributed by atoms with Gasteiger partial charge in [-0.05, 0) is 56.3 Å². The Kier molecular flexibility index (Phi) is 5.37. The number of likely N-dealkylation sites (tertiary alicyclic amines) is 2. The number of carbonyl (C=O) groups excluding carboxylic acids is 1. The van der Waals surface area contributed by atoms with E-state index in [9.17, 15) is 4.79 Å². The fraction of sp³-hybridized carbons (Fsp3) is 0.611. The first-order valence-electron chi connectivity index (χ1n) is 8.48. The standard InChI is InChI=1S/C18H25ClN2O/c19-17-8-6-15(7-9-17)13-20-10-4-5-16(14-20)18(22)21-11-2-1-3-12-21/h6-9,16H,1-5,10-14H2/t16-/m0/s1. The van der Waals surface area contributed by atoms with Gasteiger partial charge in [0.25, 0.3) is 0 Å². The zero-order chi connectivity index (χ0) is 15.4. The molecule has 0 bridgehead atoms. The number of hydrogen-bond acceptors (Lipinski definition) is 2. The Morgan fingerprint density at radius 2 is 1.77 bits per heavy atom. The maximum absolute atomic E-state index is 12.7. The van der Waals surface area contributed by atoms with Crippen molar-refractivity contribution in [3.05, 3.63) is 34.9 Å². The lowest BCUT2D eigenvalue weighted by molar-refractivity contribution is -0.138. The van der Waals surface area contributed by atoms with Crippen molar-refractivity contribution in [2.45, 2.75) is 38.6 Å². The van der Waals surface area contributed by atoms with Crippen LogP contribution in [0.4, 0.5) is 0 Å². The topological polar surface area (TPSA) is 23.6 Å². The molecule has 120 valence electrons. The van der Waals surface area contributed by atoms with Crippen LogP contribution in [0, 0.1) is 5.92 Å². The SMILES string of the molecule is O=C([C@H]1CCCN(Cc2ccc(Cl)cc2)C1)N1CCCCC1. The molecule has 4 heteroatoms. The summed E-state index contributed by atoms with van der Waals surface area (Å²) in [6.45, 7) is 4.84. The molecule has 1 amide bonds. The largest absolute Gasteiger partial charge is 0.342 e. The molecule has 0 aromatic heterocycles. The van der Waals surface area contributed by atoms with Crippen LogP contribution >= 0.6 is 11.6 Å². The van der Waals surface area contributed by atoms with E-state index in [0.717, 1.165) is 50.6 Å². The normalized spacial score (nSPS) is 23.5. The highest BCUT2D eigenvalue weighted by Crippen LogP contribution is 2.22. The summed E-state index contributed by atoms with van der Waals surface area (Å²) < 4.78 is 0. The molecule has 2 saturated heterocycles. The molecule has 2 aliphatic heterocycles. The summed E-state index contributed by atoms with van der Waals surface area (Å²) in [5, 5.41) is 0.778. The average Bonchev–Trinajstić information content (AvgIpc) is 2.57. The van der Waals surface area contributed by atoms with Crippen molar-refractivity contribution < 1.29 is 4.79 Å². The van der Waals surface area contributed by atoms with Crippen molar-refractivity contribution in [2.75, 3.05) is 26.2 Å². The zero-order valence-electron chi connectivity index (χ0n) is 13.1. The van der Waals surface area contributed by atoms with Crippen LogP contribution in [0.3, 0.4) is 0 Å². The molecule has 0 saturated carbocycles. The Morgan fingerprint density at radius 1 is 1.05 bits per heavy atom. The minimum Gasteiger partial charge on any atom is -0.342 e. The zero-order valence-corrected chi connectivity index (χ0v) is 13.9. The Hall–Kier alpha value is -1.06. The van der Waals surface area contributed by atoms with E-state index >= 15 is 0 Å². The van der Waals surface area contributed by atoms with Gasteiger partial charge in [-0.3, -0.25) is 9.69 Å². The molecule has 0 spiro atoms. The quantitative estimate of drug-likeness (QED) is 0.850. The molecule has 2 fully saturated rings. The number of halogens is 1. The number of rotatable bonds is 3. The molecular formula is C18H25ClN2O. The van der Waals surface area contributed by atoms with Gasteiger partial charge in [-0.25, -0.2) is 0 Å². The summed E-state index contributed by atoms with van der Waals surface area (Å²) in [6.07, 6.45) is 5.79. The van der Waals surface area contributed by atoms with Gasteiger partial charge >= 0.3 is 0 Å². The predicted octanol–water partition coefficient (Wildman–Crippen LogP) is 3.56. The van der Waals surface area contributed by atoms with E-state index in [-0.39, 0.29) is 5.92 Å². The molecule has 0 N–H and O–H groups in total. The van der Waals surface area contributed by atoms with Gasteiger partial charge in [-0.1, -0.05) is 23.7 Å². The molecule has 3 rings (SSSR count). The van der Waals surface area contributed by atoms with E-state index in [1.54, 1.807) is 0 Å². The molecule has 3 nitrogen and oxygen atoms in total. The van der Waals surface area contributed by atoms with E-state index in [1.807, 2.05) is 12.1 Å². The van der Waals surface area contributed by atoms with Crippen molar-refractivity contribution in [3.8, 4) is 0 Å². The lowest BCUT2D eigenvalue weighted by atomic mass is 9.95. The summed E-state index contributed by atoms with van der Waals surface area (Å²) in [4.78, 5) is 17.2. The van der Waals surface area contributed by atoms with Gasteiger partial charge in [0.05, 0.1) is 5.92 Å².